The monoisotopic (exact) mass is 300 g/mol. The van der Waals surface area contributed by atoms with Crippen LogP contribution >= 0.6 is 0 Å². The van der Waals surface area contributed by atoms with E-state index in [0.717, 1.165) is 11.8 Å². The van der Waals surface area contributed by atoms with Crippen molar-refractivity contribution in [1.82, 2.24) is 10.0 Å². The second-order valence-electron chi connectivity index (χ2n) is 4.17. The molecule has 0 fully saturated rings. The van der Waals surface area contributed by atoms with Gasteiger partial charge in [-0.2, -0.15) is 0 Å². The van der Waals surface area contributed by atoms with E-state index in [9.17, 15) is 18.0 Å². The first-order chi connectivity index (χ1) is 9.28. The van der Waals surface area contributed by atoms with Gasteiger partial charge in [0.15, 0.2) is 0 Å². The van der Waals surface area contributed by atoms with Gasteiger partial charge in [0, 0.05) is 0 Å². The SMILES string of the molecule is C[C@H](NC(=O)OCc1ccccc1)C(=O)NS(C)(=O)=O. The second-order valence-corrected chi connectivity index (χ2v) is 5.91. The molecule has 1 atom stereocenters. The molecule has 0 aromatic heterocycles. The summed E-state index contributed by atoms with van der Waals surface area (Å²) in [6, 6.07) is 7.99. The van der Waals surface area contributed by atoms with E-state index in [1.165, 1.54) is 6.92 Å². The summed E-state index contributed by atoms with van der Waals surface area (Å²) in [7, 11) is -3.65. The number of alkyl carbamates (subject to hydrolysis) is 1. The predicted molar refractivity (Wildman–Crippen MR) is 72.2 cm³/mol. The van der Waals surface area contributed by atoms with Crippen LogP contribution in [0.1, 0.15) is 12.5 Å². The van der Waals surface area contributed by atoms with Crippen LogP contribution in [0.15, 0.2) is 30.3 Å². The summed E-state index contributed by atoms with van der Waals surface area (Å²) in [5, 5.41) is 2.23. The number of hydrogen-bond donors (Lipinski definition) is 2. The highest BCUT2D eigenvalue weighted by atomic mass is 32.2. The fourth-order valence-electron chi connectivity index (χ4n) is 1.28. The third-order valence-corrected chi connectivity index (χ3v) is 2.80. The summed E-state index contributed by atoms with van der Waals surface area (Å²) >= 11 is 0. The van der Waals surface area contributed by atoms with E-state index in [1.807, 2.05) is 6.07 Å². The molecule has 2 amide bonds. The zero-order valence-electron chi connectivity index (χ0n) is 11.1. The summed E-state index contributed by atoms with van der Waals surface area (Å²) in [6.45, 7) is 1.41. The van der Waals surface area contributed by atoms with E-state index in [1.54, 1.807) is 29.0 Å². The Balaban J connectivity index is 2.40. The number of rotatable bonds is 5. The Bertz CT molecular complexity index is 571. The minimum absolute atomic E-state index is 0.0626. The molecule has 2 N–H and O–H groups in total. The first-order valence-electron chi connectivity index (χ1n) is 5.77. The van der Waals surface area contributed by atoms with Gasteiger partial charge in [-0.25, -0.2) is 13.2 Å². The lowest BCUT2D eigenvalue weighted by Gasteiger charge is -2.13. The Labute approximate surface area is 117 Å². The number of amides is 2. The second kappa shape index (κ2) is 6.90. The van der Waals surface area contributed by atoms with E-state index in [-0.39, 0.29) is 6.61 Å². The number of ether oxygens (including phenoxy) is 1. The van der Waals surface area contributed by atoms with Crippen molar-refractivity contribution in [3.05, 3.63) is 35.9 Å². The van der Waals surface area contributed by atoms with Crippen LogP contribution < -0.4 is 10.0 Å². The maximum atomic E-state index is 11.4. The van der Waals surface area contributed by atoms with Crippen molar-refractivity contribution in [3.63, 3.8) is 0 Å². The first kappa shape index (κ1) is 16.0. The van der Waals surface area contributed by atoms with Gasteiger partial charge in [0.05, 0.1) is 6.26 Å². The fourth-order valence-corrected chi connectivity index (χ4v) is 1.82. The van der Waals surface area contributed by atoms with Crippen molar-refractivity contribution in [3.8, 4) is 0 Å². The summed E-state index contributed by atoms with van der Waals surface area (Å²) in [6.07, 6.45) is 0.0516. The van der Waals surface area contributed by atoms with E-state index >= 15 is 0 Å². The van der Waals surface area contributed by atoms with E-state index in [0.29, 0.717) is 0 Å². The molecule has 110 valence electrons. The number of carbonyl (C=O) groups is 2. The molecule has 0 saturated carbocycles. The molecule has 8 heteroatoms. The Kier molecular flexibility index (Phi) is 5.51. The molecule has 1 aromatic carbocycles. The van der Waals surface area contributed by atoms with Crippen LogP contribution in [-0.4, -0.2) is 32.7 Å². The fraction of sp³-hybridized carbons (Fsp3) is 0.333. The third-order valence-electron chi connectivity index (χ3n) is 2.23. The zero-order valence-corrected chi connectivity index (χ0v) is 11.9. The van der Waals surface area contributed by atoms with Crippen LogP contribution in [0.5, 0.6) is 0 Å². The highest BCUT2D eigenvalue weighted by molar-refractivity contribution is 7.89. The van der Waals surface area contributed by atoms with E-state index in [4.69, 9.17) is 4.74 Å². The minimum Gasteiger partial charge on any atom is -0.445 e. The number of hydrogen-bond acceptors (Lipinski definition) is 5. The van der Waals surface area contributed by atoms with E-state index in [2.05, 4.69) is 5.32 Å². The summed E-state index contributed by atoms with van der Waals surface area (Å²) in [5.74, 6) is -0.829. The highest BCUT2D eigenvalue weighted by Crippen LogP contribution is 2.00. The smallest absolute Gasteiger partial charge is 0.408 e. The molecule has 0 aliphatic carbocycles. The molecule has 0 aliphatic rings. The van der Waals surface area contributed by atoms with Gasteiger partial charge >= 0.3 is 6.09 Å². The van der Waals surface area contributed by atoms with Crippen molar-refractivity contribution in [2.75, 3.05) is 6.26 Å². The Hall–Kier alpha value is -2.09. The number of sulfonamides is 1. The molecule has 0 unspecified atom stereocenters. The van der Waals surface area contributed by atoms with Crippen LogP contribution in [0.3, 0.4) is 0 Å². The van der Waals surface area contributed by atoms with Crippen molar-refractivity contribution >= 4 is 22.0 Å². The molecule has 0 saturated heterocycles. The predicted octanol–water partition coefficient (Wildman–Crippen LogP) is 0.377. The van der Waals surface area contributed by atoms with Gasteiger partial charge in [-0.3, -0.25) is 9.52 Å². The molecule has 0 spiro atoms. The first-order valence-corrected chi connectivity index (χ1v) is 7.66. The van der Waals surface area contributed by atoms with Gasteiger partial charge in [-0.1, -0.05) is 30.3 Å². The number of benzene rings is 1. The van der Waals surface area contributed by atoms with Crippen molar-refractivity contribution in [2.24, 2.45) is 0 Å². The normalized spacial score (nSPS) is 12.3. The maximum absolute atomic E-state index is 11.4. The van der Waals surface area contributed by atoms with Crippen LogP contribution in [0, 0.1) is 0 Å². The average molecular weight is 300 g/mol. The lowest BCUT2D eigenvalue weighted by molar-refractivity contribution is -0.120. The van der Waals surface area contributed by atoms with Crippen LogP contribution in [0.2, 0.25) is 0 Å². The molecule has 1 rings (SSSR count). The van der Waals surface area contributed by atoms with E-state index < -0.39 is 28.1 Å². The molecule has 1 aromatic rings. The Morgan fingerprint density at radius 1 is 1.25 bits per heavy atom. The largest absolute Gasteiger partial charge is 0.445 e. The number of nitrogens with one attached hydrogen (secondary N) is 2. The highest BCUT2D eigenvalue weighted by Gasteiger charge is 2.19. The topological polar surface area (TPSA) is 102 Å². The van der Waals surface area contributed by atoms with Gasteiger partial charge in [0.2, 0.25) is 10.0 Å². The lowest BCUT2D eigenvalue weighted by Crippen LogP contribution is -2.46. The van der Waals surface area contributed by atoms with Gasteiger partial charge in [0.1, 0.15) is 12.6 Å². The molecule has 20 heavy (non-hydrogen) atoms. The molecule has 7 nitrogen and oxygen atoms in total. The van der Waals surface area contributed by atoms with Crippen LogP contribution in [0.4, 0.5) is 4.79 Å². The molecular weight excluding hydrogens is 284 g/mol. The average Bonchev–Trinajstić information content (AvgIpc) is 2.35. The van der Waals surface area contributed by atoms with Gasteiger partial charge < -0.3 is 10.1 Å². The lowest BCUT2D eigenvalue weighted by atomic mass is 10.2. The van der Waals surface area contributed by atoms with Crippen molar-refractivity contribution in [1.29, 1.82) is 0 Å². The van der Waals surface area contributed by atoms with Gasteiger partial charge in [0.25, 0.3) is 5.91 Å². The summed E-state index contributed by atoms with van der Waals surface area (Å²) in [4.78, 5) is 22.8. The molecular formula is C12H16N2O5S. The van der Waals surface area contributed by atoms with Crippen molar-refractivity contribution in [2.45, 2.75) is 19.6 Å². The quantitative estimate of drug-likeness (QED) is 0.818. The standard InChI is InChI=1S/C12H16N2O5S/c1-9(11(15)14-20(2,17)18)13-12(16)19-8-10-6-4-3-5-7-10/h3-7,9H,8H2,1-2H3,(H,13,16)(H,14,15)/t9-/m0/s1. The third kappa shape index (κ3) is 6.19. The molecule has 0 aliphatic heterocycles. The van der Waals surface area contributed by atoms with Gasteiger partial charge in [-0.05, 0) is 12.5 Å². The number of carbonyl (C=O) groups excluding carboxylic acids is 2. The maximum Gasteiger partial charge on any atom is 0.408 e. The zero-order chi connectivity index (χ0) is 15.2. The molecule has 0 heterocycles. The summed E-state index contributed by atoms with van der Waals surface area (Å²) in [5.41, 5.74) is 0.802. The van der Waals surface area contributed by atoms with Crippen LogP contribution in [-0.2, 0) is 26.2 Å². The molecule has 0 radical (unpaired) electrons. The Morgan fingerprint density at radius 2 is 1.85 bits per heavy atom. The summed E-state index contributed by atoms with van der Waals surface area (Å²) < 4.78 is 28.4. The molecule has 0 bridgehead atoms. The van der Waals surface area contributed by atoms with Gasteiger partial charge in [-0.15, -0.1) is 0 Å². The van der Waals surface area contributed by atoms with Crippen molar-refractivity contribution < 1.29 is 22.7 Å². The Morgan fingerprint density at radius 3 is 2.40 bits per heavy atom. The minimum atomic E-state index is -3.65. The van der Waals surface area contributed by atoms with Crippen LogP contribution in [0.25, 0.3) is 0 Å².